The Bertz CT molecular complexity index is 778. The third kappa shape index (κ3) is 4.35. The summed E-state index contributed by atoms with van der Waals surface area (Å²) < 4.78 is 0. The molecule has 3 nitrogen and oxygen atoms in total. The van der Waals surface area contributed by atoms with E-state index in [1.807, 2.05) is 48.6 Å². The molecule has 0 saturated heterocycles. The maximum atomic E-state index is 4.68. The standard InChI is InChI=1S/C21H23N3/c1-6-8-13-16(12-7-2)18-22-19(17-14-10-9-11-15-17)24-20(23-18)21(3,4)5/h6-15H,1-2H2,3-5H3/b13-8-,16-12+. The van der Waals surface area contributed by atoms with Crippen LogP contribution in [-0.2, 0) is 5.41 Å². The number of aromatic nitrogens is 3. The molecule has 0 N–H and O–H groups in total. The number of benzene rings is 1. The summed E-state index contributed by atoms with van der Waals surface area (Å²) in [6, 6.07) is 9.94. The van der Waals surface area contributed by atoms with Crippen molar-refractivity contribution in [3.05, 3.63) is 85.5 Å². The van der Waals surface area contributed by atoms with E-state index in [9.17, 15) is 0 Å². The molecule has 0 bridgehead atoms. The van der Waals surface area contributed by atoms with Gasteiger partial charge in [-0.05, 0) is 0 Å². The Labute approximate surface area is 144 Å². The van der Waals surface area contributed by atoms with Gasteiger partial charge < -0.3 is 0 Å². The molecule has 1 heterocycles. The van der Waals surface area contributed by atoms with Gasteiger partial charge in [0.2, 0.25) is 0 Å². The summed E-state index contributed by atoms with van der Waals surface area (Å²) in [7, 11) is 0. The first-order valence-corrected chi connectivity index (χ1v) is 7.90. The summed E-state index contributed by atoms with van der Waals surface area (Å²) in [5, 5.41) is 0. The number of allylic oxidation sites excluding steroid dienone is 6. The van der Waals surface area contributed by atoms with Gasteiger partial charge in [0, 0.05) is 16.6 Å². The van der Waals surface area contributed by atoms with Gasteiger partial charge in [0.25, 0.3) is 0 Å². The number of rotatable bonds is 5. The monoisotopic (exact) mass is 317 g/mol. The van der Waals surface area contributed by atoms with E-state index in [1.165, 1.54) is 0 Å². The molecule has 0 aliphatic heterocycles. The van der Waals surface area contributed by atoms with Crippen LogP contribution >= 0.6 is 0 Å². The fraction of sp³-hybridized carbons (Fsp3) is 0.190. The molecule has 24 heavy (non-hydrogen) atoms. The van der Waals surface area contributed by atoms with Crippen molar-refractivity contribution in [3.8, 4) is 11.4 Å². The summed E-state index contributed by atoms with van der Waals surface area (Å²) in [6.45, 7) is 13.8. The zero-order valence-corrected chi connectivity index (χ0v) is 14.5. The maximum absolute atomic E-state index is 4.68. The lowest BCUT2D eigenvalue weighted by atomic mass is 9.95. The van der Waals surface area contributed by atoms with Gasteiger partial charge in [-0.1, -0.05) is 94.6 Å². The Kier molecular flexibility index (Phi) is 5.59. The summed E-state index contributed by atoms with van der Waals surface area (Å²) in [5.74, 6) is 2.06. The van der Waals surface area contributed by atoms with Crippen molar-refractivity contribution < 1.29 is 0 Å². The predicted octanol–water partition coefficient (Wildman–Crippen LogP) is 5.15. The summed E-state index contributed by atoms with van der Waals surface area (Å²) in [6.07, 6.45) is 9.12. The third-order valence-electron chi connectivity index (χ3n) is 3.31. The van der Waals surface area contributed by atoms with E-state index in [4.69, 9.17) is 0 Å². The van der Waals surface area contributed by atoms with Crippen molar-refractivity contribution in [2.24, 2.45) is 0 Å². The number of nitrogens with zero attached hydrogens (tertiary/aromatic N) is 3. The van der Waals surface area contributed by atoms with Crippen LogP contribution in [0.5, 0.6) is 0 Å². The molecule has 1 aromatic carbocycles. The minimum Gasteiger partial charge on any atom is -0.212 e. The van der Waals surface area contributed by atoms with Crippen molar-refractivity contribution in [2.45, 2.75) is 26.2 Å². The van der Waals surface area contributed by atoms with Gasteiger partial charge in [-0.3, -0.25) is 0 Å². The normalized spacial score (nSPS) is 12.4. The molecule has 0 aliphatic rings. The van der Waals surface area contributed by atoms with Gasteiger partial charge in [-0.25, -0.2) is 15.0 Å². The molecule has 0 fully saturated rings. The zero-order valence-electron chi connectivity index (χ0n) is 14.5. The SMILES string of the molecule is C=C/C=C\C(=C/C=C)c1nc(-c2ccccc2)nc(C(C)(C)C)n1. The van der Waals surface area contributed by atoms with E-state index >= 15 is 0 Å². The molecular formula is C21H23N3. The molecule has 2 rings (SSSR count). The zero-order chi connectivity index (χ0) is 17.6. The predicted molar refractivity (Wildman–Crippen MR) is 101 cm³/mol. The lowest BCUT2D eigenvalue weighted by Gasteiger charge is -2.18. The first-order valence-electron chi connectivity index (χ1n) is 7.90. The minimum absolute atomic E-state index is 0.178. The average Bonchev–Trinajstić information content (AvgIpc) is 2.58. The van der Waals surface area contributed by atoms with Gasteiger partial charge >= 0.3 is 0 Å². The van der Waals surface area contributed by atoms with E-state index in [1.54, 1.807) is 12.2 Å². The van der Waals surface area contributed by atoms with Crippen molar-refractivity contribution in [3.63, 3.8) is 0 Å². The first-order chi connectivity index (χ1) is 11.5. The van der Waals surface area contributed by atoms with Crippen molar-refractivity contribution >= 4 is 5.57 Å². The van der Waals surface area contributed by atoms with Crippen LogP contribution in [0.15, 0.2) is 73.9 Å². The highest BCUT2D eigenvalue weighted by molar-refractivity contribution is 5.72. The summed E-state index contributed by atoms with van der Waals surface area (Å²) in [4.78, 5) is 14.0. The van der Waals surface area contributed by atoms with Gasteiger partial charge in [0.1, 0.15) is 5.82 Å². The second-order valence-electron chi connectivity index (χ2n) is 6.37. The smallest absolute Gasteiger partial charge is 0.163 e. The maximum Gasteiger partial charge on any atom is 0.163 e. The molecule has 0 atom stereocenters. The molecule has 0 spiro atoms. The average molecular weight is 317 g/mol. The van der Waals surface area contributed by atoms with Crippen LogP contribution in [0, 0.1) is 0 Å². The van der Waals surface area contributed by atoms with Crippen LogP contribution < -0.4 is 0 Å². The van der Waals surface area contributed by atoms with Crippen LogP contribution in [0.2, 0.25) is 0 Å². The van der Waals surface area contributed by atoms with E-state index in [2.05, 4.69) is 48.9 Å². The number of hydrogen-bond donors (Lipinski definition) is 0. The van der Waals surface area contributed by atoms with Crippen LogP contribution in [0.25, 0.3) is 17.0 Å². The Morgan fingerprint density at radius 3 is 2.25 bits per heavy atom. The number of hydrogen-bond acceptors (Lipinski definition) is 3. The summed E-state index contributed by atoms with van der Waals surface area (Å²) >= 11 is 0. The Morgan fingerprint density at radius 2 is 1.67 bits per heavy atom. The Balaban J connectivity index is 2.67. The molecule has 0 saturated carbocycles. The summed E-state index contributed by atoms with van der Waals surface area (Å²) in [5.41, 5.74) is 1.66. The highest BCUT2D eigenvalue weighted by atomic mass is 15.0. The van der Waals surface area contributed by atoms with E-state index in [0.29, 0.717) is 11.6 Å². The van der Waals surface area contributed by atoms with E-state index < -0.39 is 0 Å². The van der Waals surface area contributed by atoms with Crippen LogP contribution in [-0.4, -0.2) is 15.0 Å². The lowest BCUT2D eigenvalue weighted by Crippen LogP contribution is -2.18. The van der Waals surface area contributed by atoms with Gasteiger partial charge in [-0.2, -0.15) is 0 Å². The third-order valence-corrected chi connectivity index (χ3v) is 3.31. The van der Waals surface area contributed by atoms with Gasteiger partial charge in [0.05, 0.1) is 0 Å². The van der Waals surface area contributed by atoms with Gasteiger partial charge in [-0.15, -0.1) is 0 Å². The van der Waals surface area contributed by atoms with Crippen molar-refractivity contribution in [1.82, 2.24) is 15.0 Å². The van der Waals surface area contributed by atoms with E-state index in [0.717, 1.165) is 17.0 Å². The quantitative estimate of drug-likeness (QED) is 0.716. The molecule has 0 radical (unpaired) electrons. The highest BCUT2D eigenvalue weighted by Crippen LogP contribution is 2.24. The Hall–Kier alpha value is -2.81. The molecule has 0 amide bonds. The lowest BCUT2D eigenvalue weighted by molar-refractivity contribution is 0.541. The van der Waals surface area contributed by atoms with Crippen molar-refractivity contribution in [2.75, 3.05) is 0 Å². The molecule has 3 heteroatoms. The van der Waals surface area contributed by atoms with Crippen LogP contribution in [0.1, 0.15) is 32.4 Å². The van der Waals surface area contributed by atoms with E-state index in [-0.39, 0.29) is 5.41 Å². The molecule has 0 unspecified atom stereocenters. The topological polar surface area (TPSA) is 38.7 Å². The highest BCUT2D eigenvalue weighted by Gasteiger charge is 2.21. The van der Waals surface area contributed by atoms with Crippen LogP contribution in [0.4, 0.5) is 0 Å². The fourth-order valence-corrected chi connectivity index (χ4v) is 2.06. The Morgan fingerprint density at radius 1 is 0.958 bits per heavy atom. The largest absolute Gasteiger partial charge is 0.212 e. The minimum atomic E-state index is -0.178. The molecular weight excluding hydrogens is 294 g/mol. The molecule has 122 valence electrons. The van der Waals surface area contributed by atoms with Crippen molar-refractivity contribution in [1.29, 1.82) is 0 Å². The second kappa shape index (κ2) is 7.64. The fourth-order valence-electron chi connectivity index (χ4n) is 2.06. The molecule has 1 aromatic heterocycles. The first kappa shape index (κ1) is 17.5. The molecule has 2 aromatic rings. The second-order valence-corrected chi connectivity index (χ2v) is 6.37. The van der Waals surface area contributed by atoms with Crippen LogP contribution in [0.3, 0.4) is 0 Å². The molecule has 0 aliphatic carbocycles. The van der Waals surface area contributed by atoms with Gasteiger partial charge in [0.15, 0.2) is 11.6 Å².